The van der Waals surface area contributed by atoms with Gasteiger partial charge in [-0.2, -0.15) is 0 Å². The van der Waals surface area contributed by atoms with Gasteiger partial charge in [-0.1, -0.05) is 24.3 Å². The molecule has 0 aliphatic heterocycles. The van der Waals surface area contributed by atoms with Crippen molar-refractivity contribution in [3.05, 3.63) is 42.2 Å². The average Bonchev–Trinajstić information content (AvgIpc) is 2.86. The molecule has 0 fully saturated rings. The van der Waals surface area contributed by atoms with E-state index in [2.05, 4.69) is 0 Å². The normalized spacial score (nSPS) is 20.9. The maximum atomic E-state index is 13.3. The number of para-hydroxylation sites is 1. The molecule has 0 aromatic heterocycles. The minimum absolute atomic E-state index is 0.0198. The van der Waals surface area contributed by atoms with Crippen molar-refractivity contribution >= 4 is 5.91 Å². The number of benzene rings is 1. The first kappa shape index (κ1) is 14.5. The minimum atomic E-state index is -0.397. The van der Waals surface area contributed by atoms with E-state index >= 15 is 0 Å². The largest absolute Gasteiger partial charge is 0.489 e. The van der Waals surface area contributed by atoms with Crippen LogP contribution in [-0.4, -0.2) is 37.0 Å². The van der Waals surface area contributed by atoms with E-state index < -0.39 is 5.82 Å². The van der Waals surface area contributed by atoms with Crippen molar-refractivity contribution < 1.29 is 13.9 Å². The van der Waals surface area contributed by atoms with Crippen molar-refractivity contribution in [2.75, 3.05) is 20.2 Å². The Balaban J connectivity index is 1.78. The van der Waals surface area contributed by atoms with Gasteiger partial charge >= 0.3 is 0 Å². The van der Waals surface area contributed by atoms with Crippen LogP contribution in [-0.2, 0) is 4.79 Å². The lowest BCUT2D eigenvalue weighted by Crippen LogP contribution is -2.35. The summed E-state index contributed by atoms with van der Waals surface area (Å²) in [6.45, 7) is 0.665. The van der Waals surface area contributed by atoms with Gasteiger partial charge in [-0.15, -0.1) is 0 Å². The van der Waals surface area contributed by atoms with Crippen molar-refractivity contribution in [2.24, 2.45) is 11.7 Å². The molecule has 5 heteroatoms. The van der Waals surface area contributed by atoms with Crippen LogP contribution in [0, 0.1) is 11.7 Å². The fourth-order valence-electron chi connectivity index (χ4n) is 2.16. The lowest BCUT2D eigenvalue weighted by atomic mass is 10.1. The molecule has 0 bridgehead atoms. The van der Waals surface area contributed by atoms with Gasteiger partial charge < -0.3 is 15.4 Å². The summed E-state index contributed by atoms with van der Waals surface area (Å²) in [5.74, 6) is -0.322. The van der Waals surface area contributed by atoms with Gasteiger partial charge in [0.25, 0.3) is 0 Å². The highest BCUT2D eigenvalue weighted by Crippen LogP contribution is 2.19. The average molecular weight is 278 g/mol. The summed E-state index contributed by atoms with van der Waals surface area (Å²) < 4.78 is 18.7. The van der Waals surface area contributed by atoms with E-state index in [4.69, 9.17) is 10.5 Å². The van der Waals surface area contributed by atoms with E-state index in [0.717, 1.165) is 0 Å². The highest BCUT2D eigenvalue weighted by molar-refractivity contribution is 5.81. The van der Waals surface area contributed by atoms with Gasteiger partial charge in [0.05, 0.1) is 12.5 Å². The minimum Gasteiger partial charge on any atom is -0.489 e. The number of likely N-dealkylation sites (N-methyl/N-ethyl adjacent to an activating group) is 1. The maximum absolute atomic E-state index is 13.3. The summed E-state index contributed by atoms with van der Waals surface area (Å²) in [7, 11) is 1.71. The quantitative estimate of drug-likeness (QED) is 0.832. The molecule has 4 nitrogen and oxygen atoms in total. The second-order valence-corrected chi connectivity index (χ2v) is 4.93. The van der Waals surface area contributed by atoms with E-state index in [9.17, 15) is 9.18 Å². The summed E-state index contributed by atoms with van der Waals surface area (Å²) >= 11 is 0. The number of amides is 1. The van der Waals surface area contributed by atoms with Crippen LogP contribution in [0.25, 0.3) is 0 Å². The van der Waals surface area contributed by atoms with Crippen LogP contribution in [0.15, 0.2) is 36.4 Å². The summed E-state index contributed by atoms with van der Waals surface area (Å²) in [6.07, 6.45) is 4.35. The van der Waals surface area contributed by atoms with E-state index in [-0.39, 0.29) is 30.2 Å². The van der Waals surface area contributed by atoms with Crippen LogP contribution in [0.3, 0.4) is 0 Å². The van der Waals surface area contributed by atoms with Crippen LogP contribution in [0.4, 0.5) is 4.39 Å². The number of halogens is 1. The molecule has 2 rings (SSSR count). The van der Waals surface area contributed by atoms with Crippen LogP contribution in [0.2, 0.25) is 0 Å². The highest BCUT2D eigenvalue weighted by Gasteiger charge is 2.25. The molecule has 1 aliphatic carbocycles. The fraction of sp³-hybridized carbons (Fsp3) is 0.400. The zero-order chi connectivity index (χ0) is 14.5. The van der Waals surface area contributed by atoms with Crippen LogP contribution in [0.5, 0.6) is 5.75 Å². The summed E-state index contributed by atoms with van der Waals surface area (Å²) in [6, 6.07) is 6.18. The molecule has 1 amide bonds. The SMILES string of the molecule is CN(CCOc1ccccc1F)C(=O)C1C=CC(N)C1. The molecule has 1 aliphatic rings. The van der Waals surface area contributed by atoms with Gasteiger partial charge in [0.2, 0.25) is 5.91 Å². The number of nitrogens with two attached hydrogens (primary N) is 1. The van der Waals surface area contributed by atoms with Crippen LogP contribution in [0.1, 0.15) is 6.42 Å². The van der Waals surface area contributed by atoms with Gasteiger partial charge in [0.1, 0.15) is 6.61 Å². The Hall–Kier alpha value is -1.88. The van der Waals surface area contributed by atoms with E-state index in [1.54, 1.807) is 30.1 Å². The molecule has 2 N–H and O–H groups in total. The third-order valence-electron chi connectivity index (χ3n) is 3.33. The van der Waals surface area contributed by atoms with Gasteiger partial charge in [0.15, 0.2) is 11.6 Å². The molecule has 2 unspecified atom stereocenters. The number of hydrogen-bond donors (Lipinski definition) is 1. The van der Waals surface area contributed by atoms with Crippen LogP contribution >= 0.6 is 0 Å². The predicted molar refractivity (Wildman–Crippen MR) is 74.8 cm³/mol. The maximum Gasteiger partial charge on any atom is 0.229 e. The Morgan fingerprint density at radius 2 is 2.20 bits per heavy atom. The van der Waals surface area contributed by atoms with Crippen molar-refractivity contribution in [1.29, 1.82) is 0 Å². The Labute approximate surface area is 118 Å². The van der Waals surface area contributed by atoms with Crippen molar-refractivity contribution in [3.8, 4) is 5.75 Å². The van der Waals surface area contributed by atoms with E-state index in [1.807, 2.05) is 12.2 Å². The van der Waals surface area contributed by atoms with Crippen molar-refractivity contribution in [3.63, 3.8) is 0 Å². The van der Waals surface area contributed by atoms with Gasteiger partial charge in [-0.05, 0) is 18.6 Å². The fourth-order valence-corrected chi connectivity index (χ4v) is 2.16. The van der Waals surface area contributed by atoms with Gasteiger partial charge in [0, 0.05) is 13.1 Å². The molecule has 2 atom stereocenters. The number of carbonyl (C=O) groups is 1. The second-order valence-electron chi connectivity index (χ2n) is 4.93. The smallest absolute Gasteiger partial charge is 0.229 e. The number of ether oxygens (including phenoxy) is 1. The molecule has 0 saturated carbocycles. The molecule has 1 aromatic carbocycles. The number of rotatable bonds is 5. The van der Waals surface area contributed by atoms with Gasteiger partial charge in [-0.25, -0.2) is 4.39 Å². The topological polar surface area (TPSA) is 55.6 Å². The molecule has 0 saturated heterocycles. The molecule has 1 aromatic rings. The third kappa shape index (κ3) is 3.57. The van der Waals surface area contributed by atoms with Crippen LogP contribution < -0.4 is 10.5 Å². The predicted octanol–water partition coefficient (Wildman–Crippen LogP) is 1.57. The zero-order valence-electron chi connectivity index (χ0n) is 11.5. The first-order chi connectivity index (χ1) is 9.58. The zero-order valence-corrected chi connectivity index (χ0v) is 11.5. The molecular formula is C15H19FN2O2. The Morgan fingerprint density at radius 3 is 2.85 bits per heavy atom. The molecule has 0 heterocycles. The first-order valence-electron chi connectivity index (χ1n) is 6.64. The number of nitrogens with zero attached hydrogens (tertiary/aromatic N) is 1. The standard InChI is InChI=1S/C15H19FN2O2/c1-18(15(19)11-6-7-12(17)10-11)8-9-20-14-5-3-2-4-13(14)16/h2-7,11-12H,8-10,17H2,1H3. The summed E-state index contributed by atoms with van der Waals surface area (Å²) in [4.78, 5) is 13.7. The molecule has 0 spiro atoms. The van der Waals surface area contributed by atoms with E-state index in [0.29, 0.717) is 13.0 Å². The summed E-state index contributed by atoms with van der Waals surface area (Å²) in [5.41, 5.74) is 5.73. The molecule has 0 radical (unpaired) electrons. The second kappa shape index (κ2) is 6.52. The van der Waals surface area contributed by atoms with Gasteiger partial charge in [-0.3, -0.25) is 4.79 Å². The first-order valence-corrected chi connectivity index (χ1v) is 6.64. The summed E-state index contributed by atoms with van der Waals surface area (Å²) in [5, 5.41) is 0. The highest BCUT2D eigenvalue weighted by atomic mass is 19.1. The number of carbonyl (C=O) groups excluding carboxylic acids is 1. The Bertz CT molecular complexity index is 504. The van der Waals surface area contributed by atoms with Crippen molar-refractivity contribution in [2.45, 2.75) is 12.5 Å². The van der Waals surface area contributed by atoms with Crippen molar-refractivity contribution in [1.82, 2.24) is 4.90 Å². The monoisotopic (exact) mass is 278 g/mol. The molecule has 20 heavy (non-hydrogen) atoms. The lowest BCUT2D eigenvalue weighted by molar-refractivity contribution is -0.133. The lowest BCUT2D eigenvalue weighted by Gasteiger charge is -2.20. The molecule has 108 valence electrons. The molecular weight excluding hydrogens is 259 g/mol. The third-order valence-corrected chi connectivity index (χ3v) is 3.33. The van der Waals surface area contributed by atoms with E-state index in [1.165, 1.54) is 6.07 Å². The Kier molecular flexibility index (Phi) is 4.74. The number of hydrogen-bond acceptors (Lipinski definition) is 3. The Morgan fingerprint density at radius 1 is 1.45 bits per heavy atom.